The van der Waals surface area contributed by atoms with Crippen molar-refractivity contribution >= 4 is 17.4 Å². The van der Waals surface area contributed by atoms with Gasteiger partial charge in [-0.25, -0.2) is 4.98 Å². The molecule has 19 heavy (non-hydrogen) atoms. The number of anilines is 2. The lowest BCUT2D eigenvalue weighted by Gasteiger charge is -2.38. The van der Waals surface area contributed by atoms with Crippen LogP contribution in [-0.4, -0.2) is 50.3 Å². The maximum absolute atomic E-state index is 11.7. The highest BCUT2D eigenvalue weighted by molar-refractivity contribution is 5.91. The van der Waals surface area contributed by atoms with Crippen LogP contribution < -0.4 is 15.5 Å². The molecule has 2 rings (SSSR count). The van der Waals surface area contributed by atoms with Crippen LogP contribution in [0.1, 0.15) is 6.92 Å². The number of carbonyl (C=O) groups excluding carboxylic acids is 1. The molecule has 6 heteroatoms. The molecule has 0 atom stereocenters. The van der Waals surface area contributed by atoms with Gasteiger partial charge in [-0.1, -0.05) is 0 Å². The van der Waals surface area contributed by atoms with E-state index < -0.39 is 0 Å². The SMILES string of the molecule is CN(C)c1ccc(NC(=O)COC2(C)CNC2)cn1. The zero-order chi connectivity index (χ0) is 13.9. The fourth-order valence-electron chi connectivity index (χ4n) is 1.74. The van der Waals surface area contributed by atoms with Crippen molar-refractivity contribution in [3.63, 3.8) is 0 Å². The van der Waals surface area contributed by atoms with Gasteiger partial charge in [0, 0.05) is 27.2 Å². The van der Waals surface area contributed by atoms with Gasteiger partial charge in [0.25, 0.3) is 0 Å². The van der Waals surface area contributed by atoms with E-state index in [1.54, 1.807) is 6.20 Å². The van der Waals surface area contributed by atoms with Crippen LogP contribution in [0.15, 0.2) is 18.3 Å². The van der Waals surface area contributed by atoms with E-state index in [0.717, 1.165) is 18.9 Å². The Labute approximate surface area is 113 Å². The summed E-state index contributed by atoms with van der Waals surface area (Å²) in [5, 5.41) is 5.88. The minimum atomic E-state index is -0.204. The quantitative estimate of drug-likeness (QED) is 0.809. The Hall–Kier alpha value is -1.66. The zero-order valence-electron chi connectivity index (χ0n) is 11.6. The van der Waals surface area contributed by atoms with Gasteiger partial charge in [-0.3, -0.25) is 4.79 Å². The van der Waals surface area contributed by atoms with Crippen molar-refractivity contribution in [2.45, 2.75) is 12.5 Å². The molecule has 0 bridgehead atoms. The highest BCUT2D eigenvalue weighted by Crippen LogP contribution is 2.15. The molecule has 104 valence electrons. The Morgan fingerprint density at radius 1 is 1.53 bits per heavy atom. The van der Waals surface area contributed by atoms with Crippen LogP contribution in [0.2, 0.25) is 0 Å². The van der Waals surface area contributed by atoms with Gasteiger partial charge in [0.15, 0.2) is 0 Å². The molecule has 1 aliphatic heterocycles. The summed E-state index contributed by atoms with van der Waals surface area (Å²) in [6, 6.07) is 3.68. The fourth-order valence-corrected chi connectivity index (χ4v) is 1.74. The number of hydrogen-bond donors (Lipinski definition) is 2. The first kappa shape index (κ1) is 13.8. The number of rotatable bonds is 5. The predicted octanol–water partition coefficient (Wildman–Crippen LogP) is 0.465. The number of ether oxygens (including phenoxy) is 1. The number of nitrogens with zero attached hydrogens (tertiary/aromatic N) is 2. The van der Waals surface area contributed by atoms with Crippen LogP contribution in [0, 0.1) is 0 Å². The standard InChI is InChI=1S/C13H20N4O2/c1-13(8-14-9-13)19-7-12(18)16-10-4-5-11(15-6-10)17(2)3/h4-6,14H,7-9H2,1-3H3,(H,16,18). The van der Waals surface area contributed by atoms with Gasteiger partial charge in [-0.15, -0.1) is 0 Å². The number of amides is 1. The van der Waals surface area contributed by atoms with E-state index in [4.69, 9.17) is 4.74 Å². The molecule has 1 aliphatic rings. The summed E-state index contributed by atoms with van der Waals surface area (Å²) < 4.78 is 5.56. The Bertz CT molecular complexity index is 440. The Balaban J connectivity index is 1.81. The average Bonchev–Trinajstić information content (AvgIpc) is 2.35. The fraction of sp³-hybridized carbons (Fsp3) is 0.538. The average molecular weight is 264 g/mol. The van der Waals surface area contributed by atoms with Gasteiger partial charge >= 0.3 is 0 Å². The van der Waals surface area contributed by atoms with E-state index in [1.807, 2.05) is 38.1 Å². The van der Waals surface area contributed by atoms with E-state index in [2.05, 4.69) is 15.6 Å². The maximum Gasteiger partial charge on any atom is 0.250 e. The summed E-state index contributed by atoms with van der Waals surface area (Å²) in [5.41, 5.74) is 0.473. The van der Waals surface area contributed by atoms with Crippen molar-refractivity contribution in [3.05, 3.63) is 18.3 Å². The largest absolute Gasteiger partial charge is 0.363 e. The predicted molar refractivity (Wildman–Crippen MR) is 74.4 cm³/mol. The molecule has 0 spiro atoms. The first-order valence-electron chi connectivity index (χ1n) is 6.26. The molecule has 1 saturated heterocycles. The van der Waals surface area contributed by atoms with Crippen LogP contribution in [0.4, 0.5) is 11.5 Å². The summed E-state index contributed by atoms with van der Waals surface area (Å²) in [4.78, 5) is 17.9. The van der Waals surface area contributed by atoms with Crippen LogP contribution in [0.25, 0.3) is 0 Å². The van der Waals surface area contributed by atoms with Gasteiger partial charge in [-0.2, -0.15) is 0 Å². The van der Waals surface area contributed by atoms with Crippen LogP contribution in [0.3, 0.4) is 0 Å². The molecule has 0 saturated carbocycles. The maximum atomic E-state index is 11.7. The minimum absolute atomic E-state index is 0.0631. The summed E-state index contributed by atoms with van der Waals surface area (Å²) in [5.74, 6) is 0.690. The van der Waals surface area contributed by atoms with Crippen molar-refractivity contribution in [2.75, 3.05) is 44.0 Å². The molecule has 0 unspecified atom stereocenters. The Morgan fingerprint density at radius 2 is 2.26 bits per heavy atom. The molecular weight excluding hydrogens is 244 g/mol. The third-order valence-electron chi connectivity index (χ3n) is 3.04. The summed E-state index contributed by atoms with van der Waals surface area (Å²) >= 11 is 0. The molecular formula is C13H20N4O2. The van der Waals surface area contributed by atoms with Crippen LogP contribution in [-0.2, 0) is 9.53 Å². The van der Waals surface area contributed by atoms with E-state index in [-0.39, 0.29) is 18.1 Å². The van der Waals surface area contributed by atoms with E-state index in [1.165, 1.54) is 0 Å². The molecule has 0 radical (unpaired) electrons. The number of carbonyl (C=O) groups is 1. The second-order valence-corrected chi connectivity index (χ2v) is 5.19. The van der Waals surface area contributed by atoms with Gasteiger partial charge in [-0.05, 0) is 19.1 Å². The van der Waals surface area contributed by atoms with Gasteiger partial charge in [0.05, 0.1) is 17.5 Å². The first-order valence-corrected chi connectivity index (χ1v) is 6.26. The van der Waals surface area contributed by atoms with Crippen molar-refractivity contribution in [3.8, 4) is 0 Å². The van der Waals surface area contributed by atoms with Crippen molar-refractivity contribution in [2.24, 2.45) is 0 Å². The second-order valence-electron chi connectivity index (χ2n) is 5.19. The second kappa shape index (κ2) is 5.54. The number of pyridine rings is 1. The lowest BCUT2D eigenvalue weighted by Crippen LogP contribution is -2.59. The van der Waals surface area contributed by atoms with E-state index >= 15 is 0 Å². The molecule has 2 heterocycles. The molecule has 1 fully saturated rings. The third-order valence-corrected chi connectivity index (χ3v) is 3.04. The lowest BCUT2D eigenvalue weighted by molar-refractivity contribution is -0.130. The van der Waals surface area contributed by atoms with Gasteiger partial charge in [0.1, 0.15) is 12.4 Å². The monoisotopic (exact) mass is 264 g/mol. The van der Waals surface area contributed by atoms with Crippen molar-refractivity contribution in [1.29, 1.82) is 0 Å². The normalized spacial score (nSPS) is 16.6. The Morgan fingerprint density at radius 3 is 2.74 bits per heavy atom. The summed E-state index contributed by atoms with van der Waals surface area (Å²) in [6.07, 6.45) is 1.64. The summed E-state index contributed by atoms with van der Waals surface area (Å²) in [7, 11) is 3.84. The number of hydrogen-bond acceptors (Lipinski definition) is 5. The number of aromatic nitrogens is 1. The summed E-state index contributed by atoms with van der Waals surface area (Å²) in [6.45, 7) is 3.64. The van der Waals surface area contributed by atoms with Crippen molar-refractivity contribution in [1.82, 2.24) is 10.3 Å². The highest BCUT2D eigenvalue weighted by atomic mass is 16.5. The van der Waals surface area contributed by atoms with Gasteiger partial charge in [0.2, 0.25) is 5.91 Å². The molecule has 1 amide bonds. The third kappa shape index (κ3) is 3.65. The topological polar surface area (TPSA) is 66.5 Å². The highest BCUT2D eigenvalue weighted by Gasteiger charge is 2.32. The smallest absolute Gasteiger partial charge is 0.250 e. The van der Waals surface area contributed by atoms with Crippen molar-refractivity contribution < 1.29 is 9.53 Å². The molecule has 1 aromatic rings. The molecule has 6 nitrogen and oxygen atoms in total. The molecule has 1 aromatic heterocycles. The Kier molecular flexibility index (Phi) is 4.01. The van der Waals surface area contributed by atoms with Gasteiger partial charge < -0.3 is 20.3 Å². The van der Waals surface area contributed by atoms with E-state index in [9.17, 15) is 4.79 Å². The number of nitrogens with one attached hydrogen (secondary N) is 2. The molecule has 0 aromatic carbocycles. The molecule has 2 N–H and O–H groups in total. The van der Waals surface area contributed by atoms with Crippen LogP contribution in [0.5, 0.6) is 0 Å². The lowest BCUT2D eigenvalue weighted by atomic mass is 10.0. The first-order chi connectivity index (χ1) is 8.98. The van der Waals surface area contributed by atoms with Crippen LogP contribution >= 0.6 is 0 Å². The molecule has 0 aliphatic carbocycles. The minimum Gasteiger partial charge on any atom is -0.363 e. The van der Waals surface area contributed by atoms with E-state index in [0.29, 0.717) is 5.69 Å². The zero-order valence-corrected chi connectivity index (χ0v) is 11.6.